The molecule has 2 N–H and O–H groups in total. The molecule has 2 aliphatic rings. The smallest absolute Gasteiger partial charge is 0.366 e. The molecule has 1 aromatic carbocycles. The summed E-state index contributed by atoms with van der Waals surface area (Å²) in [4.78, 5) is 34.9. The van der Waals surface area contributed by atoms with E-state index >= 15 is 0 Å². The van der Waals surface area contributed by atoms with Crippen molar-refractivity contribution in [1.82, 2.24) is 19.8 Å². The molecular formula is C29H41F3N6O2. The number of rotatable bonds is 6. The minimum atomic E-state index is -4.55. The maximum Gasteiger partial charge on any atom is 0.421 e. The number of hydrogen-bond acceptors (Lipinski definition) is 7. The lowest BCUT2D eigenvalue weighted by Gasteiger charge is -2.32. The molecule has 0 spiro atoms. The van der Waals surface area contributed by atoms with Crippen molar-refractivity contribution in [3.63, 3.8) is 0 Å². The van der Waals surface area contributed by atoms with Gasteiger partial charge in [0.2, 0.25) is 5.95 Å². The summed E-state index contributed by atoms with van der Waals surface area (Å²) in [6.45, 7) is 10.5. The van der Waals surface area contributed by atoms with Crippen LogP contribution in [0, 0.1) is 11.8 Å². The Morgan fingerprint density at radius 1 is 1.02 bits per heavy atom. The normalized spacial score (nSPS) is 20.0. The molecule has 4 rings (SSSR count). The van der Waals surface area contributed by atoms with Gasteiger partial charge in [0, 0.05) is 55.6 Å². The van der Waals surface area contributed by atoms with Crippen molar-refractivity contribution in [3.8, 4) is 0 Å². The molecule has 2 aromatic rings. The van der Waals surface area contributed by atoms with Crippen molar-refractivity contribution in [2.24, 2.45) is 11.8 Å². The Morgan fingerprint density at radius 2 is 1.62 bits per heavy atom. The van der Waals surface area contributed by atoms with Crippen LogP contribution in [0.4, 0.5) is 30.6 Å². The van der Waals surface area contributed by atoms with Gasteiger partial charge in [-0.1, -0.05) is 33.6 Å². The van der Waals surface area contributed by atoms with Gasteiger partial charge in [0.1, 0.15) is 17.2 Å². The lowest BCUT2D eigenvalue weighted by atomic mass is 9.86. The molecule has 0 bridgehead atoms. The molecule has 1 aliphatic carbocycles. The van der Waals surface area contributed by atoms with Crippen LogP contribution in [0.1, 0.15) is 69.3 Å². The topological polar surface area (TPSA) is 90.5 Å². The fourth-order valence-electron chi connectivity index (χ4n) is 4.48. The molecule has 220 valence electrons. The molecule has 2 heterocycles. The van der Waals surface area contributed by atoms with Crippen LogP contribution < -0.4 is 10.6 Å². The predicted octanol–water partition coefficient (Wildman–Crippen LogP) is 5.85. The number of likely N-dealkylation sites (N-methyl/N-ethyl adjacent to an activating group) is 1. The molecule has 8 nitrogen and oxygen atoms in total. The van der Waals surface area contributed by atoms with Crippen molar-refractivity contribution < 1.29 is 22.8 Å². The van der Waals surface area contributed by atoms with E-state index in [2.05, 4.69) is 32.4 Å². The number of nitrogens with zero attached hydrogens (tertiary/aromatic N) is 4. The second kappa shape index (κ2) is 13.9. The number of alkyl halides is 3. The molecular weight excluding hydrogens is 521 g/mol. The largest absolute Gasteiger partial charge is 0.421 e. The first kappa shape index (κ1) is 31.3. The van der Waals surface area contributed by atoms with Gasteiger partial charge in [0.05, 0.1) is 0 Å². The zero-order valence-electron chi connectivity index (χ0n) is 24.0. The highest BCUT2D eigenvalue weighted by Crippen LogP contribution is 2.36. The van der Waals surface area contributed by atoms with Gasteiger partial charge in [-0.2, -0.15) is 18.2 Å². The summed E-state index contributed by atoms with van der Waals surface area (Å²) in [6.07, 6.45) is 0.136. The van der Waals surface area contributed by atoms with E-state index in [1.165, 1.54) is 0 Å². The van der Waals surface area contributed by atoms with Gasteiger partial charge >= 0.3 is 6.18 Å². The molecule has 2 fully saturated rings. The van der Waals surface area contributed by atoms with Gasteiger partial charge in [-0.15, -0.1) is 0 Å². The van der Waals surface area contributed by atoms with E-state index in [-0.39, 0.29) is 41.3 Å². The maximum absolute atomic E-state index is 13.6. The number of aromatic nitrogens is 2. The second-order valence-electron chi connectivity index (χ2n) is 11.0. The number of anilines is 3. The standard InChI is InChI=1S/C24H31F3N6O.C5H10O/c1-16-5-3-4-6-20(16)30-21-19(24(25,26)27)15-28-23(31-21)29-18-9-7-17(8-10-18)22(34)33-13-11-32(2)12-14-33;1-4(2)5(3)6/h7-10,15-16,20H,3-6,11-14H2,1-2H3,(H2,28,29,30,31);4H,1-3H3. The average Bonchev–Trinajstić information content (AvgIpc) is 2.90. The van der Waals surface area contributed by atoms with E-state index in [0.717, 1.165) is 45.0 Å². The van der Waals surface area contributed by atoms with Gasteiger partial charge < -0.3 is 20.4 Å². The monoisotopic (exact) mass is 562 g/mol. The summed E-state index contributed by atoms with van der Waals surface area (Å²) in [7, 11) is 2.03. The van der Waals surface area contributed by atoms with Crippen molar-refractivity contribution in [2.75, 3.05) is 43.9 Å². The lowest BCUT2D eigenvalue weighted by Crippen LogP contribution is -2.47. The minimum absolute atomic E-state index is 0.0291. The molecule has 1 saturated carbocycles. The Morgan fingerprint density at radius 3 is 2.17 bits per heavy atom. The number of ketones is 1. The van der Waals surface area contributed by atoms with Crippen LogP contribution in [0.5, 0.6) is 0 Å². The highest BCUT2D eigenvalue weighted by molar-refractivity contribution is 5.94. The highest BCUT2D eigenvalue weighted by Gasteiger charge is 2.36. The molecule has 40 heavy (non-hydrogen) atoms. The number of carbonyl (C=O) groups is 2. The van der Waals surface area contributed by atoms with Crippen molar-refractivity contribution in [3.05, 3.63) is 41.6 Å². The number of nitrogens with one attached hydrogen (secondary N) is 2. The third-order valence-corrected chi connectivity index (χ3v) is 7.52. The number of hydrogen-bond donors (Lipinski definition) is 2. The Labute approximate surface area is 234 Å². The van der Waals surface area contributed by atoms with Crippen LogP contribution in [0.15, 0.2) is 30.5 Å². The Bertz CT molecular complexity index is 1130. The van der Waals surface area contributed by atoms with Crippen molar-refractivity contribution in [1.29, 1.82) is 0 Å². The summed E-state index contributed by atoms with van der Waals surface area (Å²) < 4.78 is 40.7. The van der Waals surface area contributed by atoms with Crippen LogP contribution in [0.3, 0.4) is 0 Å². The summed E-state index contributed by atoms with van der Waals surface area (Å²) in [5.41, 5.74) is 0.285. The molecule has 1 aromatic heterocycles. The number of amides is 1. The Kier molecular flexibility index (Phi) is 10.9. The fourth-order valence-corrected chi connectivity index (χ4v) is 4.48. The Balaban J connectivity index is 0.000000663. The second-order valence-corrected chi connectivity index (χ2v) is 11.0. The van der Waals surface area contributed by atoms with Gasteiger partial charge in [-0.3, -0.25) is 9.59 Å². The average molecular weight is 563 g/mol. The summed E-state index contributed by atoms with van der Waals surface area (Å²) in [5.74, 6) is 0.577. The van der Waals surface area contributed by atoms with Crippen LogP contribution in [0.25, 0.3) is 0 Å². The molecule has 1 saturated heterocycles. The highest BCUT2D eigenvalue weighted by atomic mass is 19.4. The number of benzene rings is 1. The lowest BCUT2D eigenvalue weighted by molar-refractivity contribution is -0.137. The maximum atomic E-state index is 13.6. The van der Waals surface area contributed by atoms with Crippen LogP contribution in [-0.4, -0.2) is 70.7 Å². The molecule has 1 aliphatic heterocycles. The molecule has 2 atom stereocenters. The third-order valence-electron chi connectivity index (χ3n) is 7.52. The zero-order chi connectivity index (χ0) is 29.4. The first-order valence-electron chi connectivity index (χ1n) is 13.9. The number of halogens is 3. The quantitative estimate of drug-likeness (QED) is 0.457. The van der Waals surface area contributed by atoms with E-state index in [4.69, 9.17) is 0 Å². The molecule has 1 amide bonds. The first-order valence-corrected chi connectivity index (χ1v) is 13.9. The zero-order valence-corrected chi connectivity index (χ0v) is 24.0. The SMILES string of the molecule is CC(=O)C(C)C.CC1CCCCC1Nc1nc(Nc2ccc(C(=O)N3CCN(C)CC3)cc2)ncc1C(F)(F)F. The number of Topliss-reactive ketones (excluding diaryl/α,β-unsaturated/α-hetero) is 1. The Hall–Kier alpha value is -3.21. The van der Waals surface area contributed by atoms with E-state index in [1.807, 2.05) is 25.8 Å². The molecule has 2 unspecified atom stereocenters. The van der Waals surface area contributed by atoms with Crippen LogP contribution in [-0.2, 0) is 11.0 Å². The number of carbonyl (C=O) groups excluding carboxylic acids is 2. The fraction of sp³-hybridized carbons (Fsp3) is 0.586. The van der Waals surface area contributed by atoms with Crippen LogP contribution in [0.2, 0.25) is 0 Å². The molecule has 0 radical (unpaired) electrons. The number of piperazine rings is 1. The summed E-state index contributed by atoms with van der Waals surface area (Å²) in [6, 6.07) is 6.77. The summed E-state index contributed by atoms with van der Waals surface area (Å²) in [5, 5.41) is 5.99. The third kappa shape index (κ3) is 8.90. The van der Waals surface area contributed by atoms with Crippen LogP contribution >= 0.6 is 0 Å². The van der Waals surface area contributed by atoms with Crippen molar-refractivity contribution >= 4 is 29.1 Å². The van der Waals surface area contributed by atoms with Gasteiger partial charge in [0.15, 0.2) is 0 Å². The molecule has 11 heteroatoms. The van der Waals surface area contributed by atoms with Gasteiger partial charge in [-0.05, 0) is 57.0 Å². The van der Waals surface area contributed by atoms with Gasteiger partial charge in [-0.25, -0.2) is 4.98 Å². The predicted molar refractivity (Wildman–Crippen MR) is 151 cm³/mol. The van der Waals surface area contributed by atoms with E-state index in [0.29, 0.717) is 24.3 Å². The first-order chi connectivity index (χ1) is 18.8. The van der Waals surface area contributed by atoms with E-state index < -0.39 is 11.7 Å². The minimum Gasteiger partial charge on any atom is -0.366 e. The van der Waals surface area contributed by atoms with Crippen molar-refractivity contribution in [2.45, 2.75) is 65.6 Å². The van der Waals surface area contributed by atoms with E-state index in [1.54, 1.807) is 31.2 Å². The van der Waals surface area contributed by atoms with E-state index in [9.17, 15) is 22.8 Å². The van der Waals surface area contributed by atoms with Gasteiger partial charge in [0.25, 0.3) is 5.91 Å². The summed E-state index contributed by atoms with van der Waals surface area (Å²) >= 11 is 0.